The number of methoxy groups -OCH3 is 2. The Morgan fingerprint density at radius 1 is 1.24 bits per heavy atom. The molecule has 1 atom stereocenters. The van der Waals surface area contributed by atoms with Gasteiger partial charge in [-0.05, 0) is 19.9 Å². The van der Waals surface area contributed by atoms with Crippen molar-refractivity contribution >= 4 is 11.1 Å². The fourth-order valence-electron chi connectivity index (χ4n) is 2.82. The number of fused-ring (bicyclic) bond motifs is 2. The van der Waals surface area contributed by atoms with Gasteiger partial charge in [0, 0.05) is 12.0 Å². The molecule has 0 spiro atoms. The quantitative estimate of drug-likeness (QED) is 0.823. The van der Waals surface area contributed by atoms with Crippen molar-refractivity contribution in [2.45, 2.75) is 38.4 Å². The summed E-state index contributed by atoms with van der Waals surface area (Å²) in [6.45, 7) is 3.03. The predicted octanol–water partition coefficient (Wildman–Crippen LogP) is 1.94. The number of furan rings is 1. The molecule has 0 fully saturated rings. The summed E-state index contributed by atoms with van der Waals surface area (Å²) in [6, 6.07) is 1.82. The second-order valence-corrected chi connectivity index (χ2v) is 6.59. The first-order valence-electron chi connectivity index (χ1n) is 8.07. The number of pyridine rings is 1. The van der Waals surface area contributed by atoms with E-state index >= 15 is 0 Å². The molecule has 0 saturated heterocycles. The molecule has 2 N–H and O–H groups in total. The minimum Gasteiger partial charge on any atom is -0.497 e. The standard InChI is InChI=1S/C18H23NO6/c1-18(2,21)15(20)9-25-14-7-11-12(8-13(14)22-3)19-17-10(5-6-24-17)16(11)23-4/h5-6,15,20-21H,7-9H2,1-4H3. The number of aromatic nitrogens is 1. The van der Waals surface area contributed by atoms with E-state index < -0.39 is 11.7 Å². The summed E-state index contributed by atoms with van der Waals surface area (Å²) in [5, 5.41) is 20.7. The minimum atomic E-state index is -1.25. The Morgan fingerprint density at radius 2 is 2.00 bits per heavy atom. The van der Waals surface area contributed by atoms with E-state index in [0.717, 1.165) is 16.6 Å². The highest BCUT2D eigenvalue weighted by atomic mass is 16.5. The lowest BCUT2D eigenvalue weighted by atomic mass is 9.96. The van der Waals surface area contributed by atoms with Gasteiger partial charge in [-0.25, -0.2) is 4.98 Å². The maximum atomic E-state index is 10.00. The first-order valence-corrected chi connectivity index (χ1v) is 8.07. The summed E-state index contributed by atoms with van der Waals surface area (Å²) in [6.07, 6.45) is 1.42. The van der Waals surface area contributed by atoms with Crippen molar-refractivity contribution in [1.82, 2.24) is 4.98 Å². The number of hydrogen-bond donors (Lipinski definition) is 2. The van der Waals surface area contributed by atoms with Crippen LogP contribution in [0.25, 0.3) is 11.1 Å². The van der Waals surface area contributed by atoms with E-state index in [-0.39, 0.29) is 6.61 Å². The molecule has 0 aromatic carbocycles. The Hall–Kier alpha value is -2.25. The van der Waals surface area contributed by atoms with E-state index in [1.54, 1.807) is 20.5 Å². The molecular formula is C18H23NO6. The summed E-state index contributed by atoms with van der Waals surface area (Å²) < 4.78 is 22.2. The number of nitrogens with zero attached hydrogens (tertiary/aromatic N) is 1. The molecule has 0 saturated carbocycles. The maximum absolute atomic E-state index is 10.00. The SMILES string of the molecule is COC1=C(OCC(O)C(C)(C)O)Cc2c(nc3occc3c2OC)C1. The van der Waals surface area contributed by atoms with E-state index in [1.165, 1.54) is 13.8 Å². The van der Waals surface area contributed by atoms with Crippen molar-refractivity contribution < 1.29 is 28.8 Å². The fraction of sp³-hybridized carbons (Fsp3) is 0.500. The van der Waals surface area contributed by atoms with E-state index in [9.17, 15) is 10.2 Å². The predicted molar refractivity (Wildman–Crippen MR) is 90.3 cm³/mol. The smallest absolute Gasteiger partial charge is 0.229 e. The van der Waals surface area contributed by atoms with Gasteiger partial charge in [-0.1, -0.05) is 0 Å². The van der Waals surface area contributed by atoms with Gasteiger partial charge in [-0.15, -0.1) is 0 Å². The summed E-state index contributed by atoms with van der Waals surface area (Å²) in [7, 11) is 3.18. The third kappa shape index (κ3) is 3.29. The molecule has 7 nitrogen and oxygen atoms in total. The highest BCUT2D eigenvalue weighted by Crippen LogP contribution is 2.37. The second kappa shape index (κ2) is 6.57. The van der Waals surface area contributed by atoms with Crippen molar-refractivity contribution in [3.05, 3.63) is 35.1 Å². The van der Waals surface area contributed by atoms with E-state index in [4.69, 9.17) is 18.6 Å². The topological polar surface area (TPSA) is 94.2 Å². The van der Waals surface area contributed by atoms with Gasteiger partial charge >= 0.3 is 0 Å². The van der Waals surface area contributed by atoms with Gasteiger partial charge in [-0.2, -0.15) is 0 Å². The number of hydrogen-bond acceptors (Lipinski definition) is 7. The second-order valence-electron chi connectivity index (χ2n) is 6.59. The van der Waals surface area contributed by atoms with Crippen molar-refractivity contribution in [1.29, 1.82) is 0 Å². The van der Waals surface area contributed by atoms with Crippen LogP contribution in [0.4, 0.5) is 0 Å². The average molecular weight is 349 g/mol. The monoisotopic (exact) mass is 349 g/mol. The van der Waals surface area contributed by atoms with Crippen molar-refractivity contribution in [2.75, 3.05) is 20.8 Å². The number of ether oxygens (including phenoxy) is 3. The number of aliphatic hydroxyl groups excluding tert-OH is 1. The van der Waals surface area contributed by atoms with Crippen LogP contribution in [0.15, 0.2) is 28.3 Å². The van der Waals surface area contributed by atoms with Crippen molar-refractivity contribution in [3.8, 4) is 5.75 Å². The number of allylic oxidation sites excluding steroid dienone is 2. The van der Waals surface area contributed by atoms with Crippen molar-refractivity contribution in [2.24, 2.45) is 0 Å². The summed E-state index contributed by atoms with van der Waals surface area (Å²) in [5.41, 5.74) is 0.993. The molecule has 1 aliphatic rings. The van der Waals surface area contributed by atoms with Gasteiger partial charge < -0.3 is 28.8 Å². The van der Waals surface area contributed by atoms with Gasteiger partial charge in [0.15, 0.2) is 0 Å². The molecule has 2 aromatic heterocycles. The number of aliphatic hydroxyl groups is 2. The highest BCUT2D eigenvalue weighted by molar-refractivity contribution is 5.83. The number of rotatable bonds is 6. The first kappa shape index (κ1) is 17.6. The van der Waals surface area contributed by atoms with Gasteiger partial charge in [0.05, 0.1) is 43.6 Å². The maximum Gasteiger partial charge on any atom is 0.229 e. The van der Waals surface area contributed by atoms with Gasteiger partial charge in [0.25, 0.3) is 0 Å². The molecular weight excluding hydrogens is 326 g/mol. The third-order valence-corrected chi connectivity index (χ3v) is 4.41. The Labute approximate surface area is 145 Å². The Balaban J connectivity index is 1.91. The van der Waals surface area contributed by atoms with Gasteiger partial charge in [0.1, 0.15) is 30.0 Å². The van der Waals surface area contributed by atoms with Crippen LogP contribution in [0.2, 0.25) is 0 Å². The summed E-state index contributed by atoms with van der Waals surface area (Å²) >= 11 is 0. The van der Waals surface area contributed by atoms with Crippen molar-refractivity contribution in [3.63, 3.8) is 0 Å². The molecule has 0 bridgehead atoms. The minimum absolute atomic E-state index is 0.0370. The molecule has 0 amide bonds. The lowest BCUT2D eigenvalue weighted by Gasteiger charge is -2.27. The normalized spacial score (nSPS) is 15.9. The molecule has 1 unspecified atom stereocenters. The molecule has 2 heterocycles. The molecule has 3 rings (SSSR count). The van der Waals surface area contributed by atoms with Crippen LogP contribution in [0.5, 0.6) is 5.75 Å². The molecule has 0 aliphatic heterocycles. The van der Waals surface area contributed by atoms with Crippen LogP contribution < -0.4 is 4.74 Å². The molecule has 136 valence electrons. The molecule has 2 aromatic rings. The third-order valence-electron chi connectivity index (χ3n) is 4.41. The Kier molecular flexibility index (Phi) is 4.62. The zero-order chi connectivity index (χ0) is 18.2. The lowest BCUT2D eigenvalue weighted by Crippen LogP contribution is -2.39. The van der Waals surface area contributed by atoms with E-state index in [2.05, 4.69) is 4.98 Å². The van der Waals surface area contributed by atoms with Crippen LogP contribution in [0.1, 0.15) is 25.1 Å². The zero-order valence-corrected chi connectivity index (χ0v) is 14.8. The van der Waals surface area contributed by atoms with Gasteiger partial charge in [0.2, 0.25) is 5.71 Å². The molecule has 7 heteroatoms. The molecule has 1 aliphatic carbocycles. The Bertz CT molecular complexity index is 802. The highest BCUT2D eigenvalue weighted by Gasteiger charge is 2.29. The van der Waals surface area contributed by atoms with Gasteiger partial charge in [-0.3, -0.25) is 0 Å². The molecule has 0 radical (unpaired) electrons. The summed E-state index contributed by atoms with van der Waals surface area (Å²) in [4.78, 5) is 4.55. The lowest BCUT2D eigenvalue weighted by molar-refractivity contribution is -0.0777. The zero-order valence-electron chi connectivity index (χ0n) is 14.8. The summed E-state index contributed by atoms with van der Waals surface area (Å²) in [5.74, 6) is 1.94. The van der Waals surface area contributed by atoms with Crippen LogP contribution in [-0.4, -0.2) is 47.7 Å². The van der Waals surface area contributed by atoms with E-state index in [1.807, 2.05) is 6.07 Å². The Morgan fingerprint density at radius 3 is 2.64 bits per heavy atom. The largest absolute Gasteiger partial charge is 0.497 e. The molecule has 25 heavy (non-hydrogen) atoms. The van der Waals surface area contributed by atoms with Crippen LogP contribution in [-0.2, 0) is 22.3 Å². The first-order chi connectivity index (χ1) is 11.8. The average Bonchev–Trinajstić information content (AvgIpc) is 3.03. The van der Waals surface area contributed by atoms with Crippen LogP contribution in [0.3, 0.4) is 0 Å². The van der Waals surface area contributed by atoms with E-state index in [0.29, 0.717) is 35.8 Å². The fourth-order valence-corrected chi connectivity index (χ4v) is 2.82. The van der Waals surface area contributed by atoms with Crippen LogP contribution >= 0.6 is 0 Å². The van der Waals surface area contributed by atoms with Crippen LogP contribution in [0, 0.1) is 0 Å².